The number of nitrogens with one attached hydrogen (secondary N) is 3. The van der Waals surface area contributed by atoms with E-state index < -0.39 is 23.0 Å². The number of ketones is 1. The number of aromatic amines is 1. The molecule has 7 nitrogen and oxygen atoms in total. The van der Waals surface area contributed by atoms with Crippen molar-refractivity contribution in [3.05, 3.63) is 65.7 Å². The maximum Gasteiger partial charge on any atom is 0.201 e. The number of aromatic nitrogens is 4. The van der Waals surface area contributed by atoms with E-state index >= 15 is 0 Å². The van der Waals surface area contributed by atoms with Crippen molar-refractivity contribution in [2.24, 2.45) is 0 Å². The zero-order chi connectivity index (χ0) is 22.9. The number of benzene rings is 1. The number of carbonyl (C=O) groups is 1. The van der Waals surface area contributed by atoms with Crippen molar-refractivity contribution in [2.45, 2.75) is 18.9 Å². The van der Waals surface area contributed by atoms with Crippen LogP contribution in [-0.4, -0.2) is 44.9 Å². The number of anilines is 1. The lowest BCUT2D eigenvalue weighted by molar-refractivity contribution is 0.103. The summed E-state index contributed by atoms with van der Waals surface area (Å²) in [5.74, 6) is -2.58. The summed E-state index contributed by atoms with van der Waals surface area (Å²) < 4.78 is 34.1. The SMILES string of the molecule is CSNc1ccc(F)c(C(=O)c2c[nH]c3ncc(-c4cnn(C5CCNCC5)c4)cc23)c1F. The Labute approximate surface area is 193 Å². The van der Waals surface area contributed by atoms with Gasteiger partial charge in [-0.05, 0) is 44.1 Å². The van der Waals surface area contributed by atoms with Crippen molar-refractivity contribution in [3.8, 4) is 11.1 Å². The van der Waals surface area contributed by atoms with Gasteiger partial charge in [-0.25, -0.2) is 13.8 Å². The van der Waals surface area contributed by atoms with Crippen LogP contribution in [0.2, 0.25) is 0 Å². The van der Waals surface area contributed by atoms with E-state index in [1.54, 1.807) is 24.7 Å². The third kappa shape index (κ3) is 4.00. The van der Waals surface area contributed by atoms with Gasteiger partial charge in [0.25, 0.3) is 0 Å². The van der Waals surface area contributed by atoms with Gasteiger partial charge in [0.1, 0.15) is 11.5 Å². The summed E-state index contributed by atoms with van der Waals surface area (Å²) >= 11 is 1.16. The van der Waals surface area contributed by atoms with E-state index in [4.69, 9.17) is 0 Å². The minimum Gasteiger partial charge on any atom is -0.345 e. The largest absolute Gasteiger partial charge is 0.345 e. The maximum absolute atomic E-state index is 14.9. The van der Waals surface area contributed by atoms with Gasteiger partial charge in [-0.15, -0.1) is 0 Å². The van der Waals surface area contributed by atoms with Gasteiger partial charge in [0.05, 0.1) is 23.5 Å². The molecule has 3 aromatic heterocycles. The number of halogens is 2. The highest BCUT2D eigenvalue weighted by atomic mass is 32.2. The summed E-state index contributed by atoms with van der Waals surface area (Å²) in [6.07, 6.45) is 10.6. The van der Waals surface area contributed by atoms with Crippen LogP contribution in [0.25, 0.3) is 22.2 Å². The summed E-state index contributed by atoms with van der Waals surface area (Å²) in [6.45, 7) is 1.92. The molecule has 5 rings (SSSR count). The van der Waals surface area contributed by atoms with Crippen LogP contribution in [0.4, 0.5) is 14.5 Å². The molecule has 4 aromatic rings. The highest BCUT2D eigenvalue weighted by Gasteiger charge is 2.25. The second-order valence-electron chi connectivity index (χ2n) is 7.93. The van der Waals surface area contributed by atoms with Crippen LogP contribution in [0.5, 0.6) is 0 Å². The zero-order valence-electron chi connectivity index (χ0n) is 17.9. The van der Waals surface area contributed by atoms with Gasteiger partial charge in [0.2, 0.25) is 5.78 Å². The topological polar surface area (TPSA) is 87.6 Å². The van der Waals surface area contributed by atoms with E-state index in [1.807, 2.05) is 10.9 Å². The fourth-order valence-corrected chi connectivity index (χ4v) is 4.57. The molecule has 0 spiro atoms. The molecule has 0 saturated carbocycles. The van der Waals surface area contributed by atoms with Crippen LogP contribution in [-0.2, 0) is 0 Å². The number of rotatable bonds is 6. The van der Waals surface area contributed by atoms with Gasteiger partial charge in [-0.3, -0.25) is 9.48 Å². The van der Waals surface area contributed by atoms with Crippen molar-refractivity contribution in [3.63, 3.8) is 0 Å². The molecular formula is C23H22F2N6OS. The van der Waals surface area contributed by atoms with E-state index in [2.05, 4.69) is 25.1 Å². The van der Waals surface area contributed by atoms with Gasteiger partial charge in [0, 0.05) is 46.9 Å². The zero-order valence-corrected chi connectivity index (χ0v) is 18.7. The second-order valence-corrected chi connectivity index (χ2v) is 8.54. The predicted molar refractivity (Wildman–Crippen MR) is 125 cm³/mol. The van der Waals surface area contributed by atoms with Crippen LogP contribution in [0.1, 0.15) is 34.8 Å². The van der Waals surface area contributed by atoms with Crippen LogP contribution < -0.4 is 10.0 Å². The van der Waals surface area contributed by atoms with Crippen LogP contribution >= 0.6 is 11.9 Å². The second kappa shape index (κ2) is 8.95. The lowest BCUT2D eigenvalue weighted by atomic mass is 10.0. The first kappa shape index (κ1) is 21.6. The third-order valence-electron chi connectivity index (χ3n) is 5.92. The number of nitrogens with zero attached hydrogens (tertiary/aromatic N) is 3. The first-order valence-corrected chi connectivity index (χ1v) is 11.8. The molecule has 10 heteroatoms. The normalized spacial score (nSPS) is 14.6. The Bertz CT molecular complexity index is 1330. The smallest absolute Gasteiger partial charge is 0.201 e. The maximum atomic E-state index is 14.9. The van der Waals surface area contributed by atoms with Crippen LogP contribution in [0.15, 0.2) is 43.0 Å². The molecule has 170 valence electrons. The average molecular weight is 469 g/mol. The Balaban J connectivity index is 1.52. The number of hydrogen-bond acceptors (Lipinski definition) is 6. The molecule has 0 unspecified atom stereocenters. The number of fused-ring (bicyclic) bond motifs is 1. The Morgan fingerprint density at radius 3 is 2.82 bits per heavy atom. The van der Waals surface area contributed by atoms with E-state index in [0.717, 1.165) is 55.1 Å². The van der Waals surface area contributed by atoms with Crippen molar-refractivity contribution >= 4 is 34.5 Å². The molecular weight excluding hydrogens is 446 g/mol. The molecule has 0 aliphatic carbocycles. The molecule has 0 radical (unpaired) electrons. The molecule has 1 aliphatic heterocycles. The molecule has 1 aliphatic rings. The van der Waals surface area contributed by atoms with E-state index in [0.29, 0.717) is 17.1 Å². The standard InChI is InChI=1S/C23H22F2N6OS/c1-33-30-19-3-2-18(24)20(21(19)25)22(32)17-11-28-23-16(17)8-13(9-27-23)14-10-29-31(12-14)15-4-6-26-7-5-15/h2-3,8-12,15,26,30H,4-7H2,1H3,(H,27,28). The Kier molecular flexibility index (Phi) is 5.86. The summed E-state index contributed by atoms with van der Waals surface area (Å²) in [5, 5.41) is 8.36. The molecule has 33 heavy (non-hydrogen) atoms. The minimum atomic E-state index is -0.920. The van der Waals surface area contributed by atoms with Crippen LogP contribution in [0, 0.1) is 11.6 Å². The Morgan fingerprint density at radius 2 is 2.03 bits per heavy atom. The Morgan fingerprint density at radius 1 is 1.21 bits per heavy atom. The first-order chi connectivity index (χ1) is 16.1. The highest BCUT2D eigenvalue weighted by molar-refractivity contribution is 7.99. The molecule has 4 heterocycles. The number of piperidine rings is 1. The molecule has 1 saturated heterocycles. The minimum absolute atomic E-state index is 0.0521. The summed E-state index contributed by atoms with van der Waals surface area (Å²) in [5.41, 5.74) is 1.72. The highest BCUT2D eigenvalue weighted by Crippen LogP contribution is 2.30. The van der Waals surface area contributed by atoms with Crippen molar-refractivity contribution < 1.29 is 13.6 Å². The predicted octanol–water partition coefficient (Wildman–Crippen LogP) is 4.55. The van der Waals surface area contributed by atoms with E-state index in [1.165, 1.54) is 12.3 Å². The summed E-state index contributed by atoms with van der Waals surface area (Å²) in [7, 11) is 0. The fraction of sp³-hybridized carbons (Fsp3) is 0.261. The molecule has 0 amide bonds. The van der Waals surface area contributed by atoms with Gasteiger partial charge in [-0.1, -0.05) is 11.9 Å². The van der Waals surface area contributed by atoms with Crippen molar-refractivity contribution in [2.75, 3.05) is 24.1 Å². The van der Waals surface area contributed by atoms with Crippen molar-refractivity contribution in [1.82, 2.24) is 25.1 Å². The molecule has 1 fully saturated rings. The van der Waals surface area contributed by atoms with Gasteiger partial charge < -0.3 is 15.0 Å². The first-order valence-electron chi connectivity index (χ1n) is 10.6. The molecule has 1 aromatic carbocycles. The molecule has 0 bridgehead atoms. The van der Waals surface area contributed by atoms with Gasteiger partial charge in [-0.2, -0.15) is 5.10 Å². The van der Waals surface area contributed by atoms with Gasteiger partial charge in [0.15, 0.2) is 5.82 Å². The van der Waals surface area contributed by atoms with E-state index in [-0.39, 0.29) is 11.3 Å². The number of hydrogen-bond donors (Lipinski definition) is 3. The molecule has 3 N–H and O–H groups in total. The fourth-order valence-electron chi connectivity index (χ4n) is 4.19. The number of pyridine rings is 1. The lowest BCUT2D eigenvalue weighted by Gasteiger charge is -2.22. The third-order valence-corrected chi connectivity index (χ3v) is 6.35. The quantitative estimate of drug-likeness (QED) is 0.284. The lowest BCUT2D eigenvalue weighted by Crippen LogP contribution is -2.29. The summed E-state index contributed by atoms with van der Waals surface area (Å²) in [6, 6.07) is 4.50. The van der Waals surface area contributed by atoms with Gasteiger partial charge >= 0.3 is 0 Å². The summed E-state index contributed by atoms with van der Waals surface area (Å²) in [4.78, 5) is 20.5. The average Bonchev–Trinajstić information content (AvgIpc) is 3.49. The number of carbonyl (C=O) groups excluding carboxylic acids is 1. The Hall–Kier alpha value is -3.24. The van der Waals surface area contributed by atoms with E-state index in [9.17, 15) is 13.6 Å². The number of H-pyrrole nitrogens is 1. The van der Waals surface area contributed by atoms with Crippen molar-refractivity contribution in [1.29, 1.82) is 0 Å². The monoisotopic (exact) mass is 468 g/mol. The molecule has 0 atom stereocenters. The van der Waals surface area contributed by atoms with Crippen LogP contribution in [0.3, 0.4) is 0 Å².